The van der Waals surface area contributed by atoms with Crippen LogP contribution in [0, 0.1) is 5.82 Å². The Labute approximate surface area is 152 Å². The van der Waals surface area contributed by atoms with Crippen LogP contribution in [0.15, 0.2) is 31.6 Å². The van der Waals surface area contributed by atoms with Crippen LogP contribution in [0.25, 0.3) is 0 Å². The fraction of sp³-hybridized carbons (Fsp3) is 0.533. The number of halogens is 2. The Balaban J connectivity index is 3.56. The lowest BCUT2D eigenvalue weighted by molar-refractivity contribution is -0.139. The molecule has 5 nitrogen and oxygen atoms in total. The third kappa shape index (κ3) is 4.87. The first kappa shape index (κ1) is 21.3. The van der Waals surface area contributed by atoms with Gasteiger partial charge in [-0.05, 0) is 46.2 Å². The third-order valence-corrected chi connectivity index (χ3v) is 12.6. The first-order valence-electron chi connectivity index (χ1n) is 7.38. The fourth-order valence-corrected chi connectivity index (χ4v) is 7.44. The second-order valence-electron chi connectivity index (χ2n) is 6.88. The predicted octanol–water partition coefficient (Wildman–Crippen LogP) is 4.10. The van der Waals surface area contributed by atoms with Crippen LogP contribution >= 0.6 is 15.9 Å². The lowest BCUT2D eigenvalue weighted by atomic mass is 10.2. The highest BCUT2D eigenvalue weighted by atomic mass is 79.9. The molecule has 0 aliphatic rings. The molecule has 1 unspecified atom stereocenters. The number of carbonyl (C=O) groups excluding carboxylic acids is 1. The lowest BCUT2D eigenvalue weighted by Gasteiger charge is -2.33. The van der Waals surface area contributed by atoms with Crippen molar-refractivity contribution in [2.75, 3.05) is 13.7 Å². The van der Waals surface area contributed by atoms with E-state index in [-0.39, 0.29) is 21.0 Å². The Morgan fingerprint density at radius 3 is 2.50 bits per heavy atom. The van der Waals surface area contributed by atoms with Crippen molar-refractivity contribution in [2.45, 2.75) is 43.8 Å². The molecule has 0 spiro atoms. The van der Waals surface area contributed by atoms with Gasteiger partial charge in [0.25, 0.3) is 0 Å². The topological polar surface area (TPSA) is 67.8 Å². The predicted molar refractivity (Wildman–Crippen MR) is 100 cm³/mol. The molecule has 0 aliphatic carbocycles. The molecule has 0 aliphatic heterocycles. The molecule has 0 fully saturated rings. The number of carbonyl (C=O) groups is 1. The van der Waals surface area contributed by atoms with Crippen molar-refractivity contribution in [1.29, 1.82) is 0 Å². The number of methoxy groups -OCH3 is 1. The molecule has 0 amide bonds. The molecule has 1 N–H and O–H groups in total. The summed E-state index contributed by atoms with van der Waals surface area (Å²) in [5.41, 5.74) is 0. The Morgan fingerprint density at radius 1 is 1.42 bits per heavy atom. The zero-order valence-electron chi connectivity index (χ0n) is 14.8. The van der Waals surface area contributed by atoms with E-state index in [1.54, 1.807) is 6.07 Å². The molecule has 1 rings (SSSR count). The normalized spacial score (nSPS) is 14.8. The van der Waals surface area contributed by atoms with Gasteiger partial charge in [0.2, 0.25) is 0 Å². The number of nitrogens with one attached hydrogen (secondary N) is 1. The monoisotopic (exact) mass is 438 g/mol. The number of benzene rings is 1. The standard InChI is InChI=1S/C15H24BrFN2O3SSi/c1-15(2,3)24(5,6)19-23(21,18-10-13(20)22-4)12-9-7-8-11(16)14(12)17/h7-9H,10H2,1-6H3,(H,18,19,21). The van der Waals surface area contributed by atoms with Gasteiger partial charge in [-0.25, -0.2) is 13.3 Å². The van der Waals surface area contributed by atoms with Crippen molar-refractivity contribution in [3.8, 4) is 0 Å². The highest BCUT2D eigenvalue weighted by molar-refractivity contribution is 9.10. The minimum Gasteiger partial charge on any atom is -0.468 e. The Kier molecular flexibility index (Phi) is 6.76. The van der Waals surface area contributed by atoms with Gasteiger partial charge < -0.3 is 4.74 Å². The minimum atomic E-state index is -3.34. The zero-order chi connectivity index (χ0) is 18.8. The molecule has 0 saturated carbocycles. The van der Waals surface area contributed by atoms with E-state index < -0.39 is 29.9 Å². The first-order chi connectivity index (χ1) is 10.8. The quantitative estimate of drug-likeness (QED) is 0.555. The van der Waals surface area contributed by atoms with Gasteiger partial charge in [-0.2, -0.15) is 0 Å². The van der Waals surface area contributed by atoms with Gasteiger partial charge in [-0.1, -0.05) is 26.8 Å². The van der Waals surface area contributed by atoms with E-state index in [1.807, 2.05) is 33.9 Å². The summed E-state index contributed by atoms with van der Waals surface area (Å²) in [5.74, 6) is -1.24. The molecule has 136 valence electrons. The van der Waals surface area contributed by atoms with E-state index in [1.165, 1.54) is 19.2 Å². The lowest BCUT2D eigenvalue weighted by Crippen LogP contribution is -2.40. The van der Waals surface area contributed by atoms with Crippen LogP contribution in [0.5, 0.6) is 0 Å². The van der Waals surface area contributed by atoms with Gasteiger partial charge in [0.15, 0.2) is 14.1 Å². The van der Waals surface area contributed by atoms with Crippen molar-refractivity contribution in [3.63, 3.8) is 0 Å². The van der Waals surface area contributed by atoms with Crippen LogP contribution in [0.3, 0.4) is 0 Å². The molecular formula is C15H24BrFN2O3SSi. The number of hydrogen-bond donors (Lipinski definition) is 1. The van der Waals surface area contributed by atoms with E-state index >= 15 is 0 Å². The molecular weight excluding hydrogens is 415 g/mol. The number of ether oxygens (including phenoxy) is 1. The zero-order valence-corrected chi connectivity index (χ0v) is 18.2. The molecule has 1 aromatic rings. The fourth-order valence-electron chi connectivity index (χ4n) is 1.54. The largest absolute Gasteiger partial charge is 0.468 e. The van der Waals surface area contributed by atoms with Crippen LogP contribution < -0.4 is 4.72 Å². The van der Waals surface area contributed by atoms with E-state index in [4.69, 9.17) is 0 Å². The second kappa shape index (κ2) is 7.63. The van der Waals surface area contributed by atoms with E-state index in [2.05, 4.69) is 29.4 Å². The summed E-state index contributed by atoms with van der Waals surface area (Å²) in [5, 5.41) is -0.189. The summed E-state index contributed by atoms with van der Waals surface area (Å²) in [6.45, 7) is 9.64. The molecule has 0 bridgehead atoms. The average molecular weight is 439 g/mol. The highest BCUT2D eigenvalue weighted by Gasteiger charge is 2.38. The third-order valence-electron chi connectivity index (χ3n) is 4.05. The summed E-state index contributed by atoms with van der Waals surface area (Å²) in [4.78, 5) is 11.4. The summed E-state index contributed by atoms with van der Waals surface area (Å²) in [6.07, 6.45) is 0. The highest BCUT2D eigenvalue weighted by Crippen LogP contribution is 2.38. The number of nitrogens with zero attached hydrogens (tertiary/aromatic N) is 1. The van der Waals surface area contributed by atoms with Crippen LogP contribution in [0.1, 0.15) is 20.8 Å². The Hall–Kier alpha value is -0.773. The SMILES string of the molecule is COC(=O)CNS(=O)(=N[Si](C)(C)C(C)(C)C)c1cccc(Br)c1F. The van der Waals surface area contributed by atoms with Gasteiger partial charge in [-0.15, -0.1) is 0 Å². The van der Waals surface area contributed by atoms with Crippen LogP contribution in [-0.4, -0.2) is 32.1 Å². The summed E-state index contributed by atoms with van der Waals surface area (Å²) in [7, 11) is -4.50. The van der Waals surface area contributed by atoms with Crippen molar-refractivity contribution in [3.05, 3.63) is 28.5 Å². The van der Waals surface area contributed by atoms with Gasteiger partial charge in [-0.3, -0.25) is 8.82 Å². The molecule has 0 aromatic heterocycles. The smallest absolute Gasteiger partial charge is 0.320 e. The van der Waals surface area contributed by atoms with Crippen LogP contribution in [0.2, 0.25) is 18.1 Å². The molecule has 9 heteroatoms. The van der Waals surface area contributed by atoms with E-state index in [0.29, 0.717) is 0 Å². The first-order valence-corrected chi connectivity index (χ1v) is 12.6. The van der Waals surface area contributed by atoms with Crippen LogP contribution in [0.4, 0.5) is 4.39 Å². The molecule has 0 radical (unpaired) electrons. The second-order valence-corrected chi connectivity index (χ2v) is 14.9. The molecule has 1 aromatic carbocycles. The maximum atomic E-state index is 14.5. The van der Waals surface area contributed by atoms with Crippen molar-refractivity contribution in [1.82, 2.24) is 4.72 Å². The molecule has 1 atom stereocenters. The summed E-state index contributed by atoms with van der Waals surface area (Å²) in [6, 6.07) is 4.53. The van der Waals surface area contributed by atoms with Crippen LogP contribution in [-0.2, 0) is 19.4 Å². The Morgan fingerprint density at radius 2 is 2.00 bits per heavy atom. The maximum absolute atomic E-state index is 14.5. The molecule has 24 heavy (non-hydrogen) atoms. The maximum Gasteiger partial charge on any atom is 0.320 e. The molecule has 0 saturated heterocycles. The van der Waals surface area contributed by atoms with Gasteiger partial charge in [0.05, 0.1) is 16.5 Å². The van der Waals surface area contributed by atoms with Crippen molar-refractivity contribution >= 4 is 40.0 Å². The van der Waals surface area contributed by atoms with Gasteiger partial charge in [0, 0.05) is 0 Å². The number of hydrogen-bond acceptors (Lipinski definition) is 4. The van der Waals surface area contributed by atoms with Gasteiger partial charge in [0.1, 0.15) is 16.5 Å². The minimum absolute atomic E-state index is 0.0643. The molecule has 0 heterocycles. The van der Waals surface area contributed by atoms with Crippen molar-refractivity contribution < 1.29 is 18.1 Å². The van der Waals surface area contributed by atoms with Gasteiger partial charge >= 0.3 is 5.97 Å². The van der Waals surface area contributed by atoms with Crippen molar-refractivity contribution in [2.24, 2.45) is 4.03 Å². The van der Waals surface area contributed by atoms with E-state index in [0.717, 1.165) is 0 Å². The van der Waals surface area contributed by atoms with E-state index in [9.17, 15) is 13.4 Å². The average Bonchev–Trinajstić information content (AvgIpc) is 2.45. The number of rotatable bonds is 5. The number of esters is 1. The summed E-state index contributed by atoms with van der Waals surface area (Å²) >= 11 is 3.10. The summed E-state index contributed by atoms with van der Waals surface area (Å²) < 4.78 is 40.0. The Bertz CT molecular complexity index is 741.